The summed E-state index contributed by atoms with van der Waals surface area (Å²) < 4.78 is 6.60. The summed E-state index contributed by atoms with van der Waals surface area (Å²) in [4.78, 5) is 0. The van der Waals surface area contributed by atoms with E-state index in [-0.39, 0.29) is 0 Å². The average molecular weight is 354 g/mol. The molecule has 0 aliphatic carbocycles. The first-order valence-corrected chi connectivity index (χ1v) is 15.5. The summed E-state index contributed by atoms with van der Waals surface area (Å²) in [6.07, 6.45) is 8.52. The average Bonchev–Trinajstić information content (AvgIpc) is 2.93. The normalized spacial score (nSPS) is 11.9. The molecule has 0 radical (unpaired) electrons. The molecular formula is C17H31Sn-. The molecule has 0 aromatic heterocycles. The van der Waals surface area contributed by atoms with Gasteiger partial charge >= 0.3 is 119 Å². The van der Waals surface area contributed by atoms with Crippen LogP contribution in [0.3, 0.4) is 0 Å². The molecule has 104 valence electrons. The van der Waals surface area contributed by atoms with Crippen LogP contribution in [0.2, 0.25) is 13.3 Å². The van der Waals surface area contributed by atoms with Crippen LogP contribution in [0.25, 0.3) is 0 Å². The third kappa shape index (κ3) is 4.68. The molecule has 0 saturated heterocycles. The van der Waals surface area contributed by atoms with Crippen LogP contribution in [-0.4, -0.2) is 18.4 Å². The monoisotopic (exact) mass is 355 g/mol. The molecule has 1 heteroatoms. The van der Waals surface area contributed by atoms with Gasteiger partial charge in [0.1, 0.15) is 0 Å². The molecule has 0 fully saturated rings. The van der Waals surface area contributed by atoms with E-state index in [1.807, 2.05) is 3.58 Å². The Morgan fingerprint density at radius 1 is 0.889 bits per heavy atom. The minimum atomic E-state index is -2.03. The van der Waals surface area contributed by atoms with Gasteiger partial charge in [-0.3, -0.25) is 0 Å². The van der Waals surface area contributed by atoms with Crippen molar-refractivity contribution in [1.29, 1.82) is 0 Å². The molecular weight excluding hydrogens is 323 g/mol. The van der Waals surface area contributed by atoms with Crippen molar-refractivity contribution in [3.8, 4) is 0 Å². The molecule has 0 bridgehead atoms. The molecule has 0 atom stereocenters. The summed E-state index contributed by atoms with van der Waals surface area (Å²) >= 11 is -2.03. The predicted octanol–water partition coefficient (Wildman–Crippen LogP) is 5.46. The maximum absolute atomic E-state index is 2.46. The summed E-state index contributed by atoms with van der Waals surface area (Å²) in [6.45, 7) is 7.05. The quantitative estimate of drug-likeness (QED) is 0.387. The van der Waals surface area contributed by atoms with Crippen LogP contribution in [-0.2, 0) is 0 Å². The third-order valence-corrected chi connectivity index (χ3v) is 20.0. The number of hydrogen-bond acceptors (Lipinski definition) is 0. The Hall–Kier alpha value is 0.149. The van der Waals surface area contributed by atoms with Crippen molar-refractivity contribution in [2.75, 3.05) is 0 Å². The fourth-order valence-electron chi connectivity index (χ4n) is 3.08. The summed E-state index contributed by atoms with van der Waals surface area (Å²) in [5, 5.41) is 0. The Morgan fingerprint density at radius 2 is 1.39 bits per heavy atom. The second-order valence-corrected chi connectivity index (χ2v) is 19.0. The predicted molar refractivity (Wildman–Crippen MR) is 86.6 cm³/mol. The molecule has 0 aliphatic rings. The van der Waals surface area contributed by atoms with Crippen LogP contribution in [0, 0.1) is 0 Å². The van der Waals surface area contributed by atoms with Gasteiger partial charge < -0.3 is 0 Å². The molecule has 1 rings (SSSR count). The number of rotatable bonds is 10. The van der Waals surface area contributed by atoms with E-state index in [0.29, 0.717) is 0 Å². The summed E-state index contributed by atoms with van der Waals surface area (Å²) in [6, 6.07) is 9.45. The SMILES string of the molecule is CCC[CH2][Sn]([CH2]CCC)([CH2]CCC)[c]1ccc[cH-]1. The second-order valence-electron chi connectivity index (χ2n) is 5.76. The van der Waals surface area contributed by atoms with Gasteiger partial charge in [-0.2, -0.15) is 0 Å². The van der Waals surface area contributed by atoms with Crippen molar-refractivity contribution in [1.82, 2.24) is 0 Å². The van der Waals surface area contributed by atoms with Crippen LogP contribution in [0.1, 0.15) is 59.3 Å². The van der Waals surface area contributed by atoms with E-state index >= 15 is 0 Å². The van der Waals surface area contributed by atoms with Gasteiger partial charge in [-0.15, -0.1) is 0 Å². The van der Waals surface area contributed by atoms with E-state index in [1.54, 1.807) is 13.3 Å². The van der Waals surface area contributed by atoms with Crippen molar-refractivity contribution in [3.05, 3.63) is 24.3 Å². The van der Waals surface area contributed by atoms with Gasteiger partial charge in [0.2, 0.25) is 0 Å². The number of unbranched alkanes of at least 4 members (excludes halogenated alkanes) is 3. The summed E-state index contributed by atoms with van der Waals surface area (Å²) in [5.41, 5.74) is 0. The van der Waals surface area contributed by atoms with Gasteiger partial charge in [0.15, 0.2) is 0 Å². The Balaban J connectivity index is 2.84. The first-order valence-electron chi connectivity index (χ1n) is 8.01. The molecule has 0 spiro atoms. The Bertz CT molecular complexity index is 265. The molecule has 0 amide bonds. The van der Waals surface area contributed by atoms with Crippen LogP contribution < -0.4 is 3.58 Å². The molecule has 0 nitrogen and oxygen atoms in total. The first-order chi connectivity index (χ1) is 8.79. The van der Waals surface area contributed by atoms with E-state index < -0.39 is 18.4 Å². The van der Waals surface area contributed by atoms with Crippen LogP contribution >= 0.6 is 0 Å². The van der Waals surface area contributed by atoms with Crippen molar-refractivity contribution in [2.45, 2.75) is 72.6 Å². The van der Waals surface area contributed by atoms with Gasteiger partial charge in [0.25, 0.3) is 0 Å². The Kier molecular flexibility index (Phi) is 8.21. The van der Waals surface area contributed by atoms with Gasteiger partial charge in [0.05, 0.1) is 0 Å². The van der Waals surface area contributed by atoms with Gasteiger partial charge in [0, 0.05) is 0 Å². The van der Waals surface area contributed by atoms with Crippen molar-refractivity contribution in [2.24, 2.45) is 0 Å². The zero-order valence-corrected chi connectivity index (χ0v) is 15.5. The van der Waals surface area contributed by atoms with E-state index in [4.69, 9.17) is 0 Å². The van der Waals surface area contributed by atoms with E-state index in [9.17, 15) is 0 Å². The molecule has 0 saturated carbocycles. The first kappa shape index (κ1) is 16.2. The molecule has 0 N–H and O–H groups in total. The molecule has 0 unspecified atom stereocenters. The zero-order chi connectivity index (χ0) is 13.3. The van der Waals surface area contributed by atoms with Crippen LogP contribution in [0.5, 0.6) is 0 Å². The molecule has 1 aromatic carbocycles. The summed E-state index contributed by atoms with van der Waals surface area (Å²) in [5.74, 6) is 0. The van der Waals surface area contributed by atoms with Crippen molar-refractivity contribution >= 4 is 22.0 Å². The molecule has 0 aliphatic heterocycles. The third-order valence-electron chi connectivity index (χ3n) is 4.30. The fourth-order valence-corrected chi connectivity index (χ4v) is 19.1. The Labute approximate surface area is 118 Å². The van der Waals surface area contributed by atoms with Crippen LogP contribution in [0.15, 0.2) is 24.3 Å². The van der Waals surface area contributed by atoms with Crippen LogP contribution in [0.4, 0.5) is 0 Å². The van der Waals surface area contributed by atoms with Gasteiger partial charge in [-0.1, -0.05) is 0 Å². The maximum atomic E-state index is 2.46. The fraction of sp³-hybridized carbons (Fsp3) is 0.706. The van der Waals surface area contributed by atoms with E-state index in [2.05, 4.69) is 45.0 Å². The summed E-state index contributed by atoms with van der Waals surface area (Å²) in [7, 11) is 0. The van der Waals surface area contributed by atoms with E-state index in [0.717, 1.165) is 0 Å². The topological polar surface area (TPSA) is 0 Å². The minimum absolute atomic E-state index is 1.37. The standard InChI is InChI=1S/C5H4.3C4H9.Sn/c1-2-4-5-3-1;3*1-3-4-2;/h1-4H;3*1,3-4H2,2H3;/q-1;;;;. The van der Waals surface area contributed by atoms with E-state index in [1.165, 1.54) is 38.5 Å². The second kappa shape index (κ2) is 9.12. The zero-order valence-electron chi connectivity index (χ0n) is 12.7. The molecule has 1 aromatic rings. The van der Waals surface area contributed by atoms with Gasteiger partial charge in [-0.25, -0.2) is 0 Å². The number of hydrogen-bond donors (Lipinski definition) is 0. The molecule has 18 heavy (non-hydrogen) atoms. The van der Waals surface area contributed by atoms with Gasteiger partial charge in [-0.05, 0) is 0 Å². The molecule has 0 heterocycles. The van der Waals surface area contributed by atoms with Crippen molar-refractivity contribution in [3.63, 3.8) is 0 Å². The Morgan fingerprint density at radius 3 is 1.72 bits per heavy atom. The van der Waals surface area contributed by atoms with Crippen molar-refractivity contribution < 1.29 is 0 Å².